The van der Waals surface area contributed by atoms with Crippen molar-refractivity contribution in [1.82, 2.24) is 4.98 Å². The Labute approximate surface area is 151 Å². The Bertz CT molecular complexity index is 907. The van der Waals surface area contributed by atoms with E-state index < -0.39 is 0 Å². The average molecular weight is 352 g/mol. The molecule has 0 bridgehead atoms. The lowest BCUT2D eigenvalue weighted by molar-refractivity contribution is -0.113. The molecule has 3 rings (SSSR count). The second-order valence-corrected chi connectivity index (χ2v) is 6.83. The van der Waals surface area contributed by atoms with Crippen LogP contribution >= 0.6 is 11.8 Å². The summed E-state index contributed by atoms with van der Waals surface area (Å²) < 4.78 is 5.40. The van der Waals surface area contributed by atoms with Gasteiger partial charge in [-0.3, -0.25) is 4.79 Å². The van der Waals surface area contributed by atoms with Gasteiger partial charge in [0, 0.05) is 11.1 Å². The molecule has 3 aromatic rings. The summed E-state index contributed by atoms with van der Waals surface area (Å²) >= 11 is 1.42. The van der Waals surface area contributed by atoms with Crippen LogP contribution in [0.5, 0.6) is 5.75 Å². The van der Waals surface area contributed by atoms with Crippen molar-refractivity contribution in [3.05, 3.63) is 59.7 Å². The topological polar surface area (TPSA) is 51.2 Å². The molecule has 5 heteroatoms. The molecule has 0 spiro atoms. The lowest BCUT2D eigenvalue weighted by Gasteiger charge is -2.10. The van der Waals surface area contributed by atoms with Gasteiger partial charge in [-0.25, -0.2) is 4.98 Å². The molecule has 0 saturated heterocycles. The predicted molar refractivity (Wildman–Crippen MR) is 104 cm³/mol. The molecule has 0 aliphatic heterocycles. The van der Waals surface area contributed by atoms with Crippen LogP contribution in [0.3, 0.4) is 0 Å². The highest BCUT2D eigenvalue weighted by molar-refractivity contribution is 7.99. The summed E-state index contributed by atoms with van der Waals surface area (Å²) in [5, 5.41) is 4.78. The van der Waals surface area contributed by atoms with Gasteiger partial charge in [-0.2, -0.15) is 0 Å². The zero-order valence-corrected chi connectivity index (χ0v) is 15.3. The first kappa shape index (κ1) is 17.3. The van der Waals surface area contributed by atoms with Crippen LogP contribution < -0.4 is 10.1 Å². The molecule has 0 saturated carbocycles. The van der Waals surface area contributed by atoms with Gasteiger partial charge in [-0.1, -0.05) is 41.6 Å². The Hall–Kier alpha value is -2.53. The van der Waals surface area contributed by atoms with Crippen molar-refractivity contribution in [3.63, 3.8) is 0 Å². The van der Waals surface area contributed by atoms with Crippen LogP contribution in [0.1, 0.15) is 11.1 Å². The van der Waals surface area contributed by atoms with Crippen LogP contribution in [0, 0.1) is 13.8 Å². The quantitative estimate of drug-likeness (QED) is 0.682. The number of methoxy groups -OCH3 is 1. The zero-order chi connectivity index (χ0) is 17.8. The summed E-state index contributed by atoms with van der Waals surface area (Å²) in [4.78, 5) is 16.8. The van der Waals surface area contributed by atoms with E-state index in [0.717, 1.165) is 38.5 Å². The fourth-order valence-corrected chi connectivity index (χ4v) is 3.34. The molecule has 0 unspecified atom stereocenters. The van der Waals surface area contributed by atoms with E-state index >= 15 is 0 Å². The summed E-state index contributed by atoms with van der Waals surface area (Å²) in [6.45, 7) is 4.06. The van der Waals surface area contributed by atoms with Gasteiger partial charge in [0.15, 0.2) is 0 Å². The third kappa shape index (κ3) is 4.12. The number of anilines is 1. The molecule has 25 heavy (non-hydrogen) atoms. The third-order valence-corrected chi connectivity index (χ3v) is 4.80. The number of thioether (sulfide) groups is 1. The number of nitrogens with zero attached hydrogens (tertiary/aromatic N) is 1. The number of ether oxygens (including phenoxy) is 1. The van der Waals surface area contributed by atoms with Crippen LogP contribution in [0.4, 0.5) is 5.69 Å². The molecule has 2 aromatic carbocycles. The number of aryl methyl sites for hydroxylation is 2. The minimum Gasteiger partial charge on any atom is -0.494 e. The molecule has 1 aromatic heterocycles. The average Bonchev–Trinajstić information content (AvgIpc) is 2.61. The molecule has 0 aliphatic rings. The van der Waals surface area contributed by atoms with Gasteiger partial charge in [0.25, 0.3) is 0 Å². The number of amides is 1. The third-order valence-electron chi connectivity index (χ3n) is 3.89. The number of benzene rings is 2. The van der Waals surface area contributed by atoms with Gasteiger partial charge in [0.1, 0.15) is 11.3 Å². The highest BCUT2D eigenvalue weighted by Crippen LogP contribution is 2.29. The van der Waals surface area contributed by atoms with E-state index in [-0.39, 0.29) is 5.91 Å². The van der Waals surface area contributed by atoms with Gasteiger partial charge in [-0.05, 0) is 43.7 Å². The summed E-state index contributed by atoms with van der Waals surface area (Å²) in [5.41, 5.74) is 3.91. The number of nitrogens with one attached hydrogen (secondary N) is 1. The number of rotatable bonds is 5. The molecular formula is C20H20N2O2S. The van der Waals surface area contributed by atoms with Crippen molar-refractivity contribution in [2.75, 3.05) is 18.2 Å². The molecule has 0 aliphatic carbocycles. The van der Waals surface area contributed by atoms with E-state index in [4.69, 9.17) is 4.74 Å². The molecule has 1 amide bonds. The molecular weight excluding hydrogens is 332 g/mol. The molecule has 0 radical (unpaired) electrons. The first-order valence-corrected chi connectivity index (χ1v) is 8.99. The normalized spacial score (nSPS) is 10.7. The Morgan fingerprint density at radius 3 is 2.64 bits per heavy atom. The van der Waals surface area contributed by atoms with Crippen LogP contribution in [-0.2, 0) is 4.79 Å². The van der Waals surface area contributed by atoms with Gasteiger partial charge >= 0.3 is 0 Å². The summed E-state index contributed by atoms with van der Waals surface area (Å²) in [6, 6.07) is 15.6. The highest BCUT2D eigenvalue weighted by Gasteiger charge is 2.10. The van der Waals surface area contributed by atoms with Crippen LogP contribution in [0.2, 0.25) is 0 Å². The van der Waals surface area contributed by atoms with Crippen LogP contribution in [0.15, 0.2) is 53.6 Å². The number of hydrogen-bond acceptors (Lipinski definition) is 4. The second-order valence-electron chi connectivity index (χ2n) is 5.84. The smallest absolute Gasteiger partial charge is 0.234 e. The molecule has 1 N–H and O–H groups in total. The van der Waals surface area contributed by atoms with Crippen molar-refractivity contribution < 1.29 is 9.53 Å². The minimum atomic E-state index is -0.0478. The van der Waals surface area contributed by atoms with Gasteiger partial charge in [-0.15, -0.1) is 0 Å². The Morgan fingerprint density at radius 2 is 1.92 bits per heavy atom. The number of fused-ring (bicyclic) bond motifs is 1. The number of aromatic nitrogens is 1. The molecule has 4 nitrogen and oxygen atoms in total. The van der Waals surface area contributed by atoms with Crippen molar-refractivity contribution in [3.8, 4) is 5.75 Å². The Morgan fingerprint density at radius 1 is 1.16 bits per heavy atom. The van der Waals surface area contributed by atoms with Crippen molar-refractivity contribution >= 4 is 34.3 Å². The summed E-state index contributed by atoms with van der Waals surface area (Å²) in [7, 11) is 1.64. The van der Waals surface area contributed by atoms with E-state index in [9.17, 15) is 4.79 Å². The first-order valence-electron chi connectivity index (χ1n) is 8.00. The maximum absolute atomic E-state index is 12.2. The second kappa shape index (κ2) is 7.57. The Balaban J connectivity index is 1.72. The van der Waals surface area contributed by atoms with Gasteiger partial charge in [0.05, 0.1) is 17.9 Å². The summed E-state index contributed by atoms with van der Waals surface area (Å²) in [6.07, 6.45) is 0. The monoisotopic (exact) mass is 352 g/mol. The number of pyridine rings is 1. The van der Waals surface area contributed by atoms with Gasteiger partial charge < -0.3 is 10.1 Å². The first-order chi connectivity index (χ1) is 12.1. The number of carbonyl (C=O) groups is 1. The van der Waals surface area contributed by atoms with Gasteiger partial charge in [0.2, 0.25) is 5.91 Å². The molecule has 1 heterocycles. The zero-order valence-electron chi connectivity index (χ0n) is 14.5. The SMILES string of the molecule is COc1cccc2c(C)cc(SCC(=O)Nc3ccc(C)cc3)nc12. The lowest BCUT2D eigenvalue weighted by atomic mass is 10.1. The maximum Gasteiger partial charge on any atom is 0.234 e. The van der Waals surface area contributed by atoms with Crippen molar-refractivity contribution in [2.24, 2.45) is 0 Å². The highest BCUT2D eigenvalue weighted by atomic mass is 32.2. The fraction of sp³-hybridized carbons (Fsp3) is 0.200. The predicted octanol–water partition coefficient (Wildman–Crippen LogP) is 4.59. The number of carbonyl (C=O) groups excluding carboxylic acids is 1. The van der Waals surface area contributed by atoms with Crippen LogP contribution in [0.25, 0.3) is 10.9 Å². The number of para-hydroxylation sites is 1. The van der Waals surface area contributed by atoms with E-state index in [2.05, 4.69) is 10.3 Å². The molecule has 0 atom stereocenters. The fourth-order valence-electron chi connectivity index (χ4n) is 2.57. The standard InChI is InChI=1S/C20H20N2O2S/c1-13-7-9-15(10-8-13)21-18(23)12-25-19-11-14(2)16-5-4-6-17(24-3)20(16)22-19/h4-11H,12H2,1-3H3,(H,21,23). The number of hydrogen-bond donors (Lipinski definition) is 1. The van der Waals surface area contributed by atoms with E-state index in [0.29, 0.717) is 5.75 Å². The van der Waals surface area contributed by atoms with E-state index in [1.165, 1.54) is 11.8 Å². The minimum absolute atomic E-state index is 0.0478. The van der Waals surface area contributed by atoms with Crippen molar-refractivity contribution in [2.45, 2.75) is 18.9 Å². The summed E-state index contributed by atoms with van der Waals surface area (Å²) in [5.74, 6) is 1.00. The lowest BCUT2D eigenvalue weighted by Crippen LogP contribution is -2.14. The van der Waals surface area contributed by atoms with Crippen molar-refractivity contribution in [1.29, 1.82) is 0 Å². The Kier molecular flexibility index (Phi) is 5.24. The maximum atomic E-state index is 12.2. The van der Waals surface area contributed by atoms with E-state index in [1.54, 1.807) is 7.11 Å². The molecule has 128 valence electrons. The largest absolute Gasteiger partial charge is 0.494 e. The van der Waals surface area contributed by atoms with E-state index in [1.807, 2.05) is 62.4 Å². The van der Waals surface area contributed by atoms with Crippen LogP contribution in [-0.4, -0.2) is 23.8 Å². The molecule has 0 fully saturated rings.